The fraction of sp³-hybridized carbons (Fsp3) is 0.0526. The predicted molar refractivity (Wildman–Crippen MR) is 89.3 cm³/mol. The van der Waals surface area contributed by atoms with Crippen molar-refractivity contribution in [3.8, 4) is 11.1 Å². The van der Waals surface area contributed by atoms with Gasteiger partial charge in [-0.05, 0) is 30.7 Å². The molecule has 0 amide bonds. The number of aryl methyl sites for hydroxylation is 1. The molecule has 0 radical (unpaired) electrons. The molecule has 1 aromatic heterocycles. The van der Waals surface area contributed by atoms with Crippen LogP contribution in [-0.4, -0.2) is 10.8 Å². The number of aromatic amines is 1. The van der Waals surface area contributed by atoms with Gasteiger partial charge in [0.15, 0.2) is 5.78 Å². The fourth-order valence-electron chi connectivity index (χ4n) is 2.65. The molecule has 0 saturated carbocycles. The first kappa shape index (κ1) is 14.0. The first-order chi connectivity index (χ1) is 10.6. The summed E-state index contributed by atoms with van der Waals surface area (Å²) in [5.41, 5.74) is 3.03. The van der Waals surface area contributed by atoms with Gasteiger partial charge in [0, 0.05) is 16.5 Å². The maximum Gasteiger partial charge on any atom is 0.260 e. The second-order valence-electron chi connectivity index (χ2n) is 5.19. The average molecular weight is 289 g/mol. The number of hydrogen-bond donors (Lipinski definition) is 1. The average Bonchev–Trinajstić information content (AvgIpc) is 2.54. The van der Waals surface area contributed by atoms with Crippen molar-refractivity contribution < 1.29 is 4.79 Å². The first-order valence-corrected chi connectivity index (χ1v) is 7.00. The van der Waals surface area contributed by atoms with Gasteiger partial charge >= 0.3 is 0 Å². The molecule has 0 aliphatic carbocycles. The van der Waals surface area contributed by atoms with Gasteiger partial charge in [0.2, 0.25) is 0 Å². The Kier molecular flexibility index (Phi) is 3.47. The van der Waals surface area contributed by atoms with E-state index < -0.39 is 0 Å². The Morgan fingerprint density at radius 3 is 2.55 bits per heavy atom. The molecule has 22 heavy (non-hydrogen) atoms. The highest BCUT2D eigenvalue weighted by Crippen LogP contribution is 2.30. The van der Waals surface area contributed by atoms with Crippen molar-refractivity contribution in [2.24, 2.45) is 0 Å². The van der Waals surface area contributed by atoms with Crippen molar-refractivity contribution in [1.82, 2.24) is 4.98 Å². The molecule has 3 aromatic rings. The molecule has 0 aliphatic rings. The van der Waals surface area contributed by atoms with E-state index in [0.717, 1.165) is 22.0 Å². The third-order valence-electron chi connectivity index (χ3n) is 3.66. The highest BCUT2D eigenvalue weighted by atomic mass is 16.1. The molecular formula is C19H15NO2. The summed E-state index contributed by atoms with van der Waals surface area (Å²) in [6.45, 7) is 5.49. The second kappa shape index (κ2) is 5.45. The summed E-state index contributed by atoms with van der Waals surface area (Å²) in [5, 5.41) is 0.857. The third kappa shape index (κ3) is 2.27. The molecule has 1 heterocycles. The highest BCUT2D eigenvalue weighted by Gasteiger charge is 2.18. The molecule has 3 heteroatoms. The number of ketones is 1. The number of carbonyl (C=O) groups is 1. The molecule has 0 unspecified atom stereocenters. The van der Waals surface area contributed by atoms with Crippen LogP contribution >= 0.6 is 0 Å². The number of allylic oxidation sites excluding steroid dienone is 1. The molecule has 0 fully saturated rings. The zero-order chi connectivity index (χ0) is 15.7. The third-order valence-corrected chi connectivity index (χ3v) is 3.66. The molecule has 0 spiro atoms. The standard InChI is InChI=1S/C19H15NO2/c1-3-16(21)18-17(13-7-5-4-6-8-13)14-11-12(2)9-10-15(14)20-19(18)22/h3-11H,1H2,2H3,(H,20,22). The van der Waals surface area contributed by atoms with E-state index in [0.29, 0.717) is 5.56 Å². The number of pyridine rings is 1. The van der Waals surface area contributed by atoms with Crippen molar-refractivity contribution in [2.75, 3.05) is 0 Å². The summed E-state index contributed by atoms with van der Waals surface area (Å²) in [7, 11) is 0. The van der Waals surface area contributed by atoms with Crippen LogP contribution in [-0.2, 0) is 0 Å². The molecular weight excluding hydrogens is 274 g/mol. The topological polar surface area (TPSA) is 49.9 Å². The number of rotatable bonds is 3. The van der Waals surface area contributed by atoms with E-state index in [9.17, 15) is 9.59 Å². The normalized spacial score (nSPS) is 10.6. The lowest BCUT2D eigenvalue weighted by Gasteiger charge is -2.12. The number of nitrogens with one attached hydrogen (secondary N) is 1. The van der Waals surface area contributed by atoms with Gasteiger partial charge in [-0.1, -0.05) is 48.5 Å². The van der Waals surface area contributed by atoms with Crippen molar-refractivity contribution in [3.05, 3.63) is 82.7 Å². The quantitative estimate of drug-likeness (QED) is 0.587. The molecule has 0 bridgehead atoms. The molecule has 0 saturated heterocycles. The van der Waals surface area contributed by atoms with Crippen molar-refractivity contribution >= 4 is 16.7 Å². The van der Waals surface area contributed by atoms with Crippen molar-refractivity contribution in [3.63, 3.8) is 0 Å². The van der Waals surface area contributed by atoms with Crippen LogP contribution in [0.25, 0.3) is 22.0 Å². The first-order valence-electron chi connectivity index (χ1n) is 7.00. The van der Waals surface area contributed by atoms with Crippen LogP contribution in [0.2, 0.25) is 0 Å². The molecule has 3 nitrogen and oxygen atoms in total. The van der Waals surface area contributed by atoms with E-state index in [-0.39, 0.29) is 16.9 Å². The van der Waals surface area contributed by atoms with E-state index in [1.165, 1.54) is 6.08 Å². The van der Waals surface area contributed by atoms with E-state index in [1.807, 2.05) is 55.5 Å². The van der Waals surface area contributed by atoms with E-state index >= 15 is 0 Å². The van der Waals surface area contributed by atoms with Crippen LogP contribution in [0.4, 0.5) is 0 Å². The highest BCUT2D eigenvalue weighted by molar-refractivity contribution is 6.13. The Hall–Kier alpha value is -2.94. The number of aromatic nitrogens is 1. The van der Waals surface area contributed by atoms with Gasteiger partial charge in [-0.15, -0.1) is 0 Å². The van der Waals surface area contributed by atoms with Crippen LogP contribution in [0.1, 0.15) is 15.9 Å². The Bertz CT molecular complexity index is 937. The Balaban J connectivity index is 2.53. The Morgan fingerprint density at radius 1 is 1.14 bits per heavy atom. The van der Waals surface area contributed by atoms with E-state index in [2.05, 4.69) is 11.6 Å². The summed E-state index contributed by atoms with van der Waals surface area (Å²) in [6.07, 6.45) is 1.18. The molecule has 108 valence electrons. The second-order valence-corrected chi connectivity index (χ2v) is 5.19. The van der Waals surface area contributed by atoms with Gasteiger partial charge in [-0.3, -0.25) is 9.59 Å². The van der Waals surface area contributed by atoms with Crippen LogP contribution in [0.15, 0.2) is 66.0 Å². The van der Waals surface area contributed by atoms with Crippen LogP contribution < -0.4 is 5.56 Å². The van der Waals surface area contributed by atoms with Gasteiger partial charge in [0.25, 0.3) is 5.56 Å². The number of H-pyrrole nitrogens is 1. The van der Waals surface area contributed by atoms with Gasteiger partial charge in [0.05, 0.1) is 5.56 Å². The molecule has 0 atom stereocenters. The fourth-order valence-corrected chi connectivity index (χ4v) is 2.65. The van der Waals surface area contributed by atoms with Crippen LogP contribution in [0, 0.1) is 6.92 Å². The zero-order valence-electron chi connectivity index (χ0n) is 12.2. The molecule has 0 aliphatic heterocycles. The zero-order valence-corrected chi connectivity index (χ0v) is 12.2. The smallest absolute Gasteiger partial charge is 0.260 e. The lowest BCUT2D eigenvalue weighted by atomic mass is 9.93. The summed E-state index contributed by atoms with van der Waals surface area (Å²) < 4.78 is 0. The van der Waals surface area contributed by atoms with Crippen molar-refractivity contribution in [2.45, 2.75) is 6.92 Å². The van der Waals surface area contributed by atoms with Gasteiger partial charge in [-0.25, -0.2) is 0 Å². The number of hydrogen-bond acceptors (Lipinski definition) is 2. The van der Waals surface area contributed by atoms with Crippen molar-refractivity contribution in [1.29, 1.82) is 0 Å². The van der Waals surface area contributed by atoms with Crippen LogP contribution in [0.3, 0.4) is 0 Å². The Morgan fingerprint density at radius 2 is 1.86 bits per heavy atom. The summed E-state index contributed by atoms with van der Waals surface area (Å²) in [6, 6.07) is 15.3. The monoisotopic (exact) mass is 289 g/mol. The SMILES string of the molecule is C=CC(=O)c1c(-c2ccccc2)c2cc(C)ccc2[nH]c1=O. The van der Waals surface area contributed by atoms with Gasteiger partial charge in [0.1, 0.15) is 0 Å². The minimum absolute atomic E-state index is 0.138. The summed E-state index contributed by atoms with van der Waals surface area (Å²) in [5.74, 6) is -0.372. The minimum atomic E-state index is -0.389. The number of benzene rings is 2. The maximum absolute atomic E-state index is 12.4. The Labute approximate surface area is 127 Å². The summed E-state index contributed by atoms with van der Waals surface area (Å²) in [4.78, 5) is 27.4. The lowest BCUT2D eigenvalue weighted by Crippen LogP contribution is -2.18. The van der Waals surface area contributed by atoms with Gasteiger partial charge in [-0.2, -0.15) is 0 Å². The summed E-state index contributed by atoms with van der Waals surface area (Å²) >= 11 is 0. The van der Waals surface area contributed by atoms with E-state index in [4.69, 9.17) is 0 Å². The largest absolute Gasteiger partial charge is 0.321 e. The molecule has 1 N–H and O–H groups in total. The molecule has 3 rings (SSSR count). The molecule has 2 aromatic carbocycles. The number of fused-ring (bicyclic) bond motifs is 1. The lowest BCUT2D eigenvalue weighted by molar-refractivity contribution is 0.104. The number of carbonyl (C=O) groups excluding carboxylic acids is 1. The predicted octanol–water partition coefficient (Wildman–Crippen LogP) is 3.87. The van der Waals surface area contributed by atoms with Crippen LogP contribution in [0.5, 0.6) is 0 Å². The minimum Gasteiger partial charge on any atom is -0.321 e. The van der Waals surface area contributed by atoms with E-state index in [1.54, 1.807) is 0 Å². The maximum atomic E-state index is 12.4. The van der Waals surface area contributed by atoms with Gasteiger partial charge < -0.3 is 4.98 Å².